The van der Waals surface area contributed by atoms with Crippen LogP contribution in [-0.4, -0.2) is 25.8 Å². The molecule has 1 amide bonds. The van der Waals surface area contributed by atoms with Crippen LogP contribution in [0.1, 0.15) is 57.1 Å². The van der Waals surface area contributed by atoms with Crippen molar-refractivity contribution in [2.75, 3.05) is 11.5 Å². The number of unbranched alkanes of at least 4 members (excludes halogenated alkanes) is 2. The van der Waals surface area contributed by atoms with Gasteiger partial charge in [0.15, 0.2) is 9.84 Å². The first-order valence-corrected chi connectivity index (χ1v) is 10.4. The van der Waals surface area contributed by atoms with Gasteiger partial charge in [-0.1, -0.05) is 56.5 Å². The number of carbonyl (C=O) groups is 1. The standard InChI is InChI=1S/C18H27NO3S/c1-2-3-5-10-17(16-8-6-4-7-9-16)19-18(20)13-15-11-12-23(21,22)14-15/h4,6-9,15,17H,2-3,5,10-14H2,1H3,(H,19,20). The van der Waals surface area contributed by atoms with Gasteiger partial charge in [0, 0.05) is 6.42 Å². The van der Waals surface area contributed by atoms with Crippen LogP contribution in [0.25, 0.3) is 0 Å². The lowest BCUT2D eigenvalue weighted by molar-refractivity contribution is -0.122. The van der Waals surface area contributed by atoms with Crippen LogP contribution in [-0.2, 0) is 14.6 Å². The Bertz CT molecular complexity index is 598. The Hall–Kier alpha value is -1.36. The minimum absolute atomic E-state index is 0.0212. The van der Waals surface area contributed by atoms with Gasteiger partial charge in [0.1, 0.15) is 0 Å². The Morgan fingerprint density at radius 2 is 2.00 bits per heavy atom. The Labute approximate surface area is 139 Å². The number of hydrogen-bond acceptors (Lipinski definition) is 3. The summed E-state index contributed by atoms with van der Waals surface area (Å²) in [7, 11) is -2.92. The summed E-state index contributed by atoms with van der Waals surface area (Å²) in [5.74, 6) is 0.333. The molecule has 1 N–H and O–H groups in total. The lowest BCUT2D eigenvalue weighted by Gasteiger charge is -2.20. The van der Waals surface area contributed by atoms with Gasteiger partial charge in [0.2, 0.25) is 5.91 Å². The van der Waals surface area contributed by atoms with Crippen LogP contribution in [0.3, 0.4) is 0 Å². The summed E-state index contributed by atoms with van der Waals surface area (Å²) in [5, 5.41) is 3.11. The minimum Gasteiger partial charge on any atom is -0.349 e. The van der Waals surface area contributed by atoms with Gasteiger partial charge in [-0.3, -0.25) is 4.79 Å². The van der Waals surface area contributed by atoms with Gasteiger partial charge in [0.25, 0.3) is 0 Å². The number of hydrogen-bond donors (Lipinski definition) is 1. The zero-order valence-corrected chi connectivity index (χ0v) is 14.6. The van der Waals surface area contributed by atoms with E-state index in [1.165, 1.54) is 0 Å². The van der Waals surface area contributed by atoms with Crippen molar-refractivity contribution in [1.29, 1.82) is 0 Å². The van der Waals surface area contributed by atoms with E-state index in [0.717, 1.165) is 31.2 Å². The molecule has 2 atom stereocenters. The molecule has 2 unspecified atom stereocenters. The highest BCUT2D eigenvalue weighted by atomic mass is 32.2. The first-order chi connectivity index (χ1) is 11.0. The number of amides is 1. The zero-order chi connectivity index (χ0) is 16.7. The van der Waals surface area contributed by atoms with Gasteiger partial charge in [-0.25, -0.2) is 8.42 Å². The van der Waals surface area contributed by atoms with Crippen molar-refractivity contribution in [1.82, 2.24) is 5.32 Å². The van der Waals surface area contributed by atoms with Crippen LogP contribution in [0, 0.1) is 5.92 Å². The van der Waals surface area contributed by atoms with Gasteiger partial charge in [-0.2, -0.15) is 0 Å². The first-order valence-electron chi connectivity index (χ1n) is 8.55. The highest BCUT2D eigenvalue weighted by molar-refractivity contribution is 7.91. The molecule has 5 heteroatoms. The molecular weight excluding hydrogens is 310 g/mol. The molecule has 128 valence electrons. The van der Waals surface area contributed by atoms with E-state index in [-0.39, 0.29) is 29.4 Å². The number of sulfone groups is 1. The Kier molecular flexibility index (Phi) is 6.63. The van der Waals surface area contributed by atoms with Gasteiger partial charge < -0.3 is 5.32 Å². The second-order valence-electron chi connectivity index (χ2n) is 6.50. The predicted octanol–water partition coefficient (Wildman–Crippen LogP) is 3.25. The smallest absolute Gasteiger partial charge is 0.220 e. The number of benzene rings is 1. The van der Waals surface area contributed by atoms with Crippen LogP contribution in [0.4, 0.5) is 0 Å². The third-order valence-electron chi connectivity index (χ3n) is 4.43. The van der Waals surface area contributed by atoms with Gasteiger partial charge >= 0.3 is 0 Å². The van der Waals surface area contributed by atoms with Crippen molar-refractivity contribution < 1.29 is 13.2 Å². The van der Waals surface area contributed by atoms with E-state index in [1.54, 1.807) is 0 Å². The molecule has 0 aromatic heterocycles. The van der Waals surface area contributed by atoms with Crippen LogP contribution < -0.4 is 5.32 Å². The molecule has 0 saturated carbocycles. The van der Waals surface area contributed by atoms with Crippen molar-refractivity contribution in [3.05, 3.63) is 35.9 Å². The molecular formula is C18H27NO3S. The van der Waals surface area contributed by atoms with Crippen LogP contribution in [0.2, 0.25) is 0 Å². The third-order valence-corrected chi connectivity index (χ3v) is 6.27. The van der Waals surface area contributed by atoms with Crippen molar-refractivity contribution in [3.63, 3.8) is 0 Å². The molecule has 1 saturated heterocycles. The van der Waals surface area contributed by atoms with Crippen molar-refractivity contribution in [2.24, 2.45) is 5.92 Å². The van der Waals surface area contributed by atoms with Crippen LogP contribution in [0.5, 0.6) is 0 Å². The van der Waals surface area contributed by atoms with Crippen molar-refractivity contribution in [3.8, 4) is 0 Å². The summed E-state index contributed by atoms with van der Waals surface area (Å²) in [4.78, 5) is 12.3. The fourth-order valence-corrected chi connectivity index (χ4v) is 5.02. The van der Waals surface area contributed by atoms with Gasteiger partial charge in [0.05, 0.1) is 17.5 Å². The summed E-state index contributed by atoms with van der Waals surface area (Å²) in [5.41, 5.74) is 1.12. The summed E-state index contributed by atoms with van der Waals surface area (Å²) in [6.07, 6.45) is 5.23. The van der Waals surface area contributed by atoms with E-state index in [4.69, 9.17) is 0 Å². The van der Waals surface area contributed by atoms with E-state index >= 15 is 0 Å². The molecule has 0 aliphatic carbocycles. The zero-order valence-electron chi connectivity index (χ0n) is 13.8. The minimum atomic E-state index is -2.92. The molecule has 1 aromatic carbocycles. The molecule has 4 nitrogen and oxygen atoms in total. The second-order valence-corrected chi connectivity index (χ2v) is 8.73. The van der Waals surface area contributed by atoms with Crippen LogP contribution in [0.15, 0.2) is 30.3 Å². The highest BCUT2D eigenvalue weighted by Gasteiger charge is 2.29. The molecule has 1 aromatic rings. The Morgan fingerprint density at radius 1 is 1.26 bits per heavy atom. The van der Waals surface area contributed by atoms with Crippen LogP contribution >= 0.6 is 0 Å². The molecule has 1 fully saturated rings. The van der Waals surface area contributed by atoms with E-state index in [2.05, 4.69) is 12.2 Å². The summed E-state index contributed by atoms with van der Waals surface area (Å²) < 4.78 is 23.0. The molecule has 1 aliphatic rings. The average molecular weight is 337 g/mol. The number of carbonyl (C=O) groups excluding carboxylic acids is 1. The highest BCUT2D eigenvalue weighted by Crippen LogP contribution is 2.24. The number of nitrogens with one attached hydrogen (secondary N) is 1. The maximum atomic E-state index is 12.3. The predicted molar refractivity (Wildman–Crippen MR) is 92.8 cm³/mol. The number of rotatable bonds is 8. The molecule has 2 rings (SSSR count). The Morgan fingerprint density at radius 3 is 2.61 bits per heavy atom. The lowest BCUT2D eigenvalue weighted by atomic mass is 9.99. The largest absolute Gasteiger partial charge is 0.349 e. The molecule has 23 heavy (non-hydrogen) atoms. The van der Waals surface area contributed by atoms with E-state index in [0.29, 0.717) is 12.8 Å². The average Bonchev–Trinajstić information content (AvgIpc) is 2.86. The second kappa shape index (κ2) is 8.48. The molecule has 1 heterocycles. The molecule has 0 radical (unpaired) electrons. The third kappa shape index (κ3) is 5.98. The lowest BCUT2D eigenvalue weighted by Crippen LogP contribution is -2.30. The summed E-state index contributed by atoms with van der Waals surface area (Å²) in [6.45, 7) is 2.16. The normalized spacial score (nSPS) is 21.0. The monoisotopic (exact) mass is 337 g/mol. The van der Waals surface area contributed by atoms with E-state index in [9.17, 15) is 13.2 Å². The molecule has 0 bridgehead atoms. The van der Waals surface area contributed by atoms with Gasteiger partial charge in [-0.05, 0) is 24.3 Å². The first kappa shape index (κ1) is 18.0. The topological polar surface area (TPSA) is 63.2 Å². The summed E-state index contributed by atoms with van der Waals surface area (Å²) in [6, 6.07) is 10.0. The summed E-state index contributed by atoms with van der Waals surface area (Å²) >= 11 is 0. The van der Waals surface area contributed by atoms with Crippen molar-refractivity contribution >= 4 is 15.7 Å². The SMILES string of the molecule is CCCCCC(NC(=O)CC1CCS(=O)(=O)C1)c1ccccc1. The fourth-order valence-electron chi connectivity index (χ4n) is 3.15. The quantitative estimate of drug-likeness (QED) is 0.741. The fraction of sp³-hybridized carbons (Fsp3) is 0.611. The molecule has 0 spiro atoms. The van der Waals surface area contributed by atoms with E-state index < -0.39 is 9.84 Å². The maximum absolute atomic E-state index is 12.3. The van der Waals surface area contributed by atoms with E-state index in [1.807, 2.05) is 30.3 Å². The Balaban J connectivity index is 1.92. The van der Waals surface area contributed by atoms with Crippen molar-refractivity contribution in [2.45, 2.75) is 51.5 Å². The maximum Gasteiger partial charge on any atom is 0.220 e. The molecule has 1 aliphatic heterocycles. The van der Waals surface area contributed by atoms with Gasteiger partial charge in [-0.15, -0.1) is 0 Å².